The van der Waals surface area contributed by atoms with Gasteiger partial charge >= 0.3 is 11.9 Å². The fourth-order valence-electron chi connectivity index (χ4n) is 0.531. The monoisotopic (exact) mass is 156 g/mol. The van der Waals surface area contributed by atoms with Crippen LogP contribution in [0.1, 0.15) is 6.92 Å². The lowest BCUT2D eigenvalue weighted by Crippen LogP contribution is -2.12. The van der Waals surface area contributed by atoms with Gasteiger partial charge < -0.3 is 10.2 Å². The molecule has 0 fully saturated rings. The Hall–Kier alpha value is -1.58. The SMILES string of the molecule is C=CC(C)=C(C(=O)O)C(=O)O. The largest absolute Gasteiger partial charge is 0.477 e. The Morgan fingerprint density at radius 3 is 1.73 bits per heavy atom. The maximum atomic E-state index is 10.3. The summed E-state index contributed by atoms with van der Waals surface area (Å²) in [5.74, 6) is -2.90. The van der Waals surface area contributed by atoms with E-state index in [-0.39, 0.29) is 5.57 Å². The quantitative estimate of drug-likeness (QED) is 0.272. The molecule has 0 saturated carbocycles. The standard InChI is InChI=1S/C7H8O4/c1-3-4(2)5(6(8)9)7(10)11/h3H,1H2,2H3,(H,8,9)(H,10,11). The van der Waals surface area contributed by atoms with E-state index >= 15 is 0 Å². The Labute approximate surface area is 63.5 Å². The van der Waals surface area contributed by atoms with Gasteiger partial charge in [-0.2, -0.15) is 0 Å². The zero-order chi connectivity index (χ0) is 9.02. The zero-order valence-corrected chi connectivity index (χ0v) is 6.00. The third-order valence-corrected chi connectivity index (χ3v) is 1.13. The molecule has 0 unspecified atom stereocenters. The number of rotatable bonds is 3. The lowest BCUT2D eigenvalue weighted by atomic mass is 10.1. The number of hydrogen-bond donors (Lipinski definition) is 2. The Morgan fingerprint density at radius 2 is 1.64 bits per heavy atom. The number of carbonyl (C=O) groups is 2. The third-order valence-electron chi connectivity index (χ3n) is 1.13. The van der Waals surface area contributed by atoms with E-state index in [1.165, 1.54) is 13.0 Å². The molecule has 0 amide bonds. The number of carboxylic acid groups (broad SMARTS) is 2. The first-order valence-corrected chi connectivity index (χ1v) is 2.80. The molecule has 0 bridgehead atoms. The van der Waals surface area contributed by atoms with Crippen molar-refractivity contribution in [3.8, 4) is 0 Å². The third kappa shape index (κ3) is 2.25. The van der Waals surface area contributed by atoms with Crippen molar-refractivity contribution >= 4 is 11.9 Å². The van der Waals surface area contributed by atoms with E-state index in [1.54, 1.807) is 0 Å². The molecule has 0 aliphatic carbocycles. The maximum absolute atomic E-state index is 10.3. The first-order valence-electron chi connectivity index (χ1n) is 2.80. The van der Waals surface area contributed by atoms with Crippen LogP contribution >= 0.6 is 0 Å². The number of aliphatic carboxylic acids is 2. The summed E-state index contributed by atoms with van der Waals surface area (Å²) in [4.78, 5) is 20.5. The summed E-state index contributed by atoms with van der Waals surface area (Å²) in [6.07, 6.45) is 1.19. The Morgan fingerprint density at radius 1 is 1.27 bits per heavy atom. The van der Waals surface area contributed by atoms with E-state index < -0.39 is 17.5 Å². The highest BCUT2D eigenvalue weighted by atomic mass is 16.4. The van der Waals surface area contributed by atoms with Crippen molar-refractivity contribution in [3.05, 3.63) is 23.8 Å². The van der Waals surface area contributed by atoms with E-state index in [0.29, 0.717) is 0 Å². The molecule has 4 heteroatoms. The van der Waals surface area contributed by atoms with Crippen LogP contribution in [0, 0.1) is 0 Å². The minimum absolute atomic E-state index is 0.144. The maximum Gasteiger partial charge on any atom is 0.343 e. The van der Waals surface area contributed by atoms with Gasteiger partial charge in [0.05, 0.1) is 0 Å². The van der Waals surface area contributed by atoms with Gasteiger partial charge in [0.25, 0.3) is 0 Å². The molecule has 0 aromatic heterocycles. The van der Waals surface area contributed by atoms with Gasteiger partial charge in [-0.05, 0) is 12.5 Å². The summed E-state index contributed by atoms with van der Waals surface area (Å²) < 4.78 is 0. The van der Waals surface area contributed by atoms with Crippen molar-refractivity contribution in [1.29, 1.82) is 0 Å². The molecule has 0 aliphatic rings. The van der Waals surface area contributed by atoms with Crippen LogP contribution in [0.3, 0.4) is 0 Å². The first-order chi connectivity index (χ1) is 5.00. The molecule has 4 nitrogen and oxygen atoms in total. The molecule has 2 N–H and O–H groups in total. The predicted octanol–water partition coefficient (Wildman–Crippen LogP) is 0.658. The van der Waals surface area contributed by atoms with E-state index in [4.69, 9.17) is 10.2 Å². The molecule has 0 saturated heterocycles. The Kier molecular flexibility index (Phi) is 3.04. The fourth-order valence-corrected chi connectivity index (χ4v) is 0.531. The normalized spacial score (nSPS) is 8.45. The van der Waals surface area contributed by atoms with Crippen LogP contribution < -0.4 is 0 Å². The van der Waals surface area contributed by atoms with Crippen molar-refractivity contribution in [3.63, 3.8) is 0 Å². The molecular weight excluding hydrogens is 148 g/mol. The van der Waals surface area contributed by atoms with E-state index in [1.807, 2.05) is 0 Å². The number of carboxylic acids is 2. The van der Waals surface area contributed by atoms with Crippen molar-refractivity contribution in [2.75, 3.05) is 0 Å². The molecule has 0 spiro atoms. The lowest BCUT2D eigenvalue weighted by molar-refractivity contribution is -0.140. The highest BCUT2D eigenvalue weighted by Crippen LogP contribution is 2.04. The molecule has 0 aromatic carbocycles. The van der Waals surface area contributed by atoms with E-state index in [0.717, 1.165) is 0 Å². The number of hydrogen-bond acceptors (Lipinski definition) is 2. The minimum atomic E-state index is -1.45. The van der Waals surface area contributed by atoms with Crippen molar-refractivity contribution < 1.29 is 19.8 Å². The summed E-state index contributed by atoms with van der Waals surface area (Å²) in [5.41, 5.74) is -0.495. The van der Waals surface area contributed by atoms with Crippen molar-refractivity contribution in [2.24, 2.45) is 0 Å². The van der Waals surface area contributed by atoms with Crippen LogP contribution in [0.15, 0.2) is 23.8 Å². The Balaban J connectivity index is 5.04. The predicted molar refractivity (Wildman–Crippen MR) is 38.2 cm³/mol. The first kappa shape index (κ1) is 9.42. The molecular formula is C7H8O4. The van der Waals surface area contributed by atoms with Crippen molar-refractivity contribution in [2.45, 2.75) is 6.92 Å². The second-order valence-corrected chi connectivity index (χ2v) is 1.87. The Bertz CT molecular complexity index is 221. The van der Waals surface area contributed by atoms with Gasteiger partial charge in [-0.25, -0.2) is 9.59 Å². The highest BCUT2D eigenvalue weighted by Gasteiger charge is 2.17. The van der Waals surface area contributed by atoms with Gasteiger partial charge in [0, 0.05) is 0 Å². The van der Waals surface area contributed by atoms with Crippen LogP contribution in [-0.2, 0) is 9.59 Å². The van der Waals surface area contributed by atoms with Crippen LogP contribution in [0.25, 0.3) is 0 Å². The van der Waals surface area contributed by atoms with E-state index in [2.05, 4.69) is 6.58 Å². The molecule has 0 radical (unpaired) electrons. The van der Waals surface area contributed by atoms with Gasteiger partial charge in [0.1, 0.15) is 5.57 Å². The van der Waals surface area contributed by atoms with Crippen molar-refractivity contribution in [1.82, 2.24) is 0 Å². The van der Waals surface area contributed by atoms with Gasteiger partial charge in [0.2, 0.25) is 0 Å². The summed E-state index contributed by atoms with van der Waals surface area (Å²) in [7, 11) is 0. The summed E-state index contributed by atoms with van der Waals surface area (Å²) in [6, 6.07) is 0. The average Bonchev–Trinajstić information content (AvgIpc) is 1.85. The van der Waals surface area contributed by atoms with Crippen LogP contribution in [0.4, 0.5) is 0 Å². The van der Waals surface area contributed by atoms with Gasteiger partial charge in [-0.1, -0.05) is 12.7 Å². The summed E-state index contributed by atoms with van der Waals surface area (Å²) in [6.45, 7) is 4.64. The smallest absolute Gasteiger partial charge is 0.343 e. The van der Waals surface area contributed by atoms with Gasteiger partial charge in [-0.3, -0.25) is 0 Å². The van der Waals surface area contributed by atoms with Crippen LogP contribution in [0.5, 0.6) is 0 Å². The number of allylic oxidation sites excluding steroid dienone is 2. The fraction of sp³-hybridized carbons (Fsp3) is 0.143. The molecule has 11 heavy (non-hydrogen) atoms. The second kappa shape index (κ2) is 3.55. The molecule has 60 valence electrons. The van der Waals surface area contributed by atoms with Gasteiger partial charge in [0.15, 0.2) is 0 Å². The molecule has 0 aliphatic heterocycles. The molecule has 0 heterocycles. The van der Waals surface area contributed by atoms with E-state index in [9.17, 15) is 9.59 Å². The molecule has 0 rings (SSSR count). The average molecular weight is 156 g/mol. The summed E-state index contributed by atoms with van der Waals surface area (Å²) >= 11 is 0. The summed E-state index contributed by atoms with van der Waals surface area (Å²) in [5, 5.41) is 16.7. The topological polar surface area (TPSA) is 74.6 Å². The van der Waals surface area contributed by atoms with Crippen LogP contribution in [0.2, 0.25) is 0 Å². The highest BCUT2D eigenvalue weighted by molar-refractivity contribution is 6.13. The van der Waals surface area contributed by atoms with Gasteiger partial charge in [-0.15, -0.1) is 0 Å². The van der Waals surface area contributed by atoms with Crippen LogP contribution in [-0.4, -0.2) is 22.2 Å². The second-order valence-electron chi connectivity index (χ2n) is 1.87. The molecule has 0 atom stereocenters. The molecule has 0 aromatic rings. The zero-order valence-electron chi connectivity index (χ0n) is 6.00. The lowest BCUT2D eigenvalue weighted by Gasteiger charge is -1.96. The minimum Gasteiger partial charge on any atom is -0.477 e.